The van der Waals surface area contributed by atoms with Gasteiger partial charge in [-0.3, -0.25) is 4.79 Å². The Labute approximate surface area is 116 Å². The molecule has 2 rings (SSSR count). The number of hydrogen-bond donors (Lipinski definition) is 1. The molecule has 0 saturated heterocycles. The monoisotopic (exact) mass is 275 g/mol. The van der Waals surface area contributed by atoms with Crippen LogP contribution >= 0.6 is 0 Å². The summed E-state index contributed by atoms with van der Waals surface area (Å²) >= 11 is 0. The molecule has 0 fully saturated rings. The van der Waals surface area contributed by atoms with Gasteiger partial charge >= 0.3 is 0 Å². The molecule has 104 valence electrons. The van der Waals surface area contributed by atoms with Crippen molar-refractivity contribution in [2.45, 2.75) is 13.3 Å². The van der Waals surface area contributed by atoms with Gasteiger partial charge in [-0.05, 0) is 48.7 Å². The number of hydrogen-bond acceptors (Lipinski definition) is 1. The molecule has 0 aliphatic heterocycles. The zero-order chi connectivity index (χ0) is 14.5. The van der Waals surface area contributed by atoms with Crippen molar-refractivity contribution in [1.29, 1.82) is 0 Å². The Morgan fingerprint density at radius 2 is 1.90 bits per heavy atom. The molecule has 0 heterocycles. The Morgan fingerprint density at radius 1 is 1.15 bits per heavy atom. The lowest BCUT2D eigenvalue weighted by molar-refractivity contribution is 0.0953. The first kappa shape index (κ1) is 14.2. The Balaban J connectivity index is 1.94. The first-order chi connectivity index (χ1) is 9.58. The van der Waals surface area contributed by atoms with Crippen molar-refractivity contribution in [2.24, 2.45) is 0 Å². The van der Waals surface area contributed by atoms with Gasteiger partial charge < -0.3 is 5.32 Å². The van der Waals surface area contributed by atoms with Gasteiger partial charge in [0, 0.05) is 12.1 Å². The predicted octanol–water partition coefficient (Wildman–Crippen LogP) is 3.25. The molecule has 0 radical (unpaired) electrons. The number of aryl methyl sites for hydroxylation is 1. The van der Waals surface area contributed by atoms with Crippen LogP contribution in [0.1, 0.15) is 21.5 Å². The van der Waals surface area contributed by atoms with Gasteiger partial charge in [0.05, 0.1) is 0 Å². The fourth-order valence-corrected chi connectivity index (χ4v) is 1.99. The van der Waals surface area contributed by atoms with Gasteiger partial charge in [-0.15, -0.1) is 0 Å². The third kappa shape index (κ3) is 3.41. The summed E-state index contributed by atoms with van der Waals surface area (Å²) in [6.07, 6.45) is 0.415. The number of rotatable bonds is 4. The van der Waals surface area contributed by atoms with Gasteiger partial charge in [0.2, 0.25) is 0 Å². The van der Waals surface area contributed by atoms with Crippen molar-refractivity contribution < 1.29 is 13.6 Å². The van der Waals surface area contributed by atoms with E-state index in [2.05, 4.69) is 5.32 Å². The third-order valence-electron chi connectivity index (χ3n) is 3.07. The van der Waals surface area contributed by atoms with E-state index in [0.717, 1.165) is 0 Å². The smallest absolute Gasteiger partial charge is 0.251 e. The normalized spacial score (nSPS) is 10.3. The Morgan fingerprint density at radius 3 is 2.60 bits per heavy atom. The molecule has 0 bridgehead atoms. The fraction of sp³-hybridized carbons (Fsp3) is 0.188. The topological polar surface area (TPSA) is 29.1 Å². The summed E-state index contributed by atoms with van der Waals surface area (Å²) < 4.78 is 26.3. The first-order valence-corrected chi connectivity index (χ1v) is 6.35. The van der Waals surface area contributed by atoms with Crippen molar-refractivity contribution in [1.82, 2.24) is 5.32 Å². The van der Waals surface area contributed by atoms with Gasteiger partial charge in [-0.25, -0.2) is 8.78 Å². The Bertz CT molecular complexity index is 626. The van der Waals surface area contributed by atoms with Crippen LogP contribution in [0.2, 0.25) is 0 Å². The van der Waals surface area contributed by atoms with E-state index in [1.807, 2.05) is 0 Å². The second-order valence-corrected chi connectivity index (χ2v) is 4.56. The standard InChI is InChI=1S/C16H15F2NO/c1-11-10-13(17)6-7-14(11)16(20)19-9-8-12-4-2-3-5-15(12)18/h2-7,10H,8-9H2,1H3,(H,19,20). The highest BCUT2D eigenvalue weighted by molar-refractivity contribution is 5.95. The van der Waals surface area contributed by atoms with E-state index in [0.29, 0.717) is 29.7 Å². The summed E-state index contributed by atoms with van der Waals surface area (Å²) in [5.74, 6) is -0.927. The van der Waals surface area contributed by atoms with Gasteiger partial charge in [-0.2, -0.15) is 0 Å². The molecule has 0 aromatic heterocycles. The maximum Gasteiger partial charge on any atom is 0.251 e. The highest BCUT2D eigenvalue weighted by Crippen LogP contribution is 2.10. The lowest BCUT2D eigenvalue weighted by Gasteiger charge is -2.08. The average Bonchev–Trinajstić information content (AvgIpc) is 2.40. The summed E-state index contributed by atoms with van der Waals surface area (Å²) in [5, 5.41) is 2.71. The number of carbonyl (C=O) groups excluding carboxylic acids is 1. The Hall–Kier alpha value is -2.23. The van der Waals surface area contributed by atoms with Crippen LogP contribution in [-0.2, 0) is 6.42 Å². The average molecular weight is 275 g/mol. The van der Waals surface area contributed by atoms with Gasteiger partial charge in [0.15, 0.2) is 0 Å². The molecular formula is C16H15F2NO. The molecule has 4 heteroatoms. The van der Waals surface area contributed by atoms with Crippen molar-refractivity contribution in [3.8, 4) is 0 Å². The molecule has 20 heavy (non-hydrogen) atoms. The SMILES string of the molecule is Cc1cc(F)ccc1C(=O)NCCc1ccccc1F. The summed E-state index contributed by atoms with van der Waals surface area (Å²) in [4.78, 5) is 11.9. The molecule has 0 aliphatic carbocycles. The minimum Gasteiger partial charge on any atom is -0.352 e. The molecular weight excluding hydrogens is 260 g/mol. The Kier molecular flexibility index (Phi) is 4.45. The fourth-order valence-electron chi connectivity index (χ4n) is 1.99. The minimum absolute atomic E-state index is 0.278. The van der Waals surface area contributed by atoms with Crippen molar-refractivity contribution in [3.05, 3.63) is 70.8 Å². The highest BCUT2D eigenvalue weighted by atomic mass is 19.1. The van der Waals surface area contributed by atoms with Crippen LogP contribution in [0.5, 0.6) is 0 Å². The van der Waals surface area contributed by atoms with Crippen molar-refractivity contribution >= 4 is 5.91 Å². The first-order valence-electron chi connectivity index (χ1n) is 6.35. The lowest BCUT2D eigenvalue weighted by atomic mass is 10.1. The maximum atomic E-state index is 13.4. The number of halogens is 2. The molecule has 0 aliphatic rings. The van der Waals surface area contributed by atoms with Crippen LogP contribution in [0.15, 0.2) is 42.5 Å². The van der Waals surface area contributed by atoms with Crippen molar-refractivity contribution in [3.63, 3.8) is 0 Å². The molecule has 1 N–H and O–H groups in total. The van der Waals surface area contributed by atoms with Gasteiger partial charge in [0.1, 0.15) is 11.6 Å². The van der Waals surface area contributed by atoms with Gasteiger partial charge in [-0.1, -0.05) is 18.2 Å². The molecule has 0 atom stereocenters. The van der Waals surface area contributed by atoms with E-state index in [1.165, 1.54) is 24.3 Å². The van der Waals surface area contributed by atoms with Crippen LogP contribution in [0.25, 0.3) is 0 Å². The second kappa shape index (κ2) is 6.28. The number of carbonyl (C=O) groups is 1. The summed E-state index contributed by atoms with van der Waals surface area (Å²) in [6.45, 7) is 2.01. The minimum atomic E-state index is -0.370. The van der Waals surface area contributed by atoms with E-state index < -0.39 is 0 Å². The van der Waals surface area contributed by atoms with E-state index in [-0.39, 0.29) is 17.5 Å². The van der Waals surface area contributed by atoms with Crippen LogP contribution < -0.4 is 5.32 Å². The molecule has 2 aromatic rings. The lowest BCUT2D eigenvalue weighted by Crippen LogP contribution is -2.26. The van der Waals surface area contributed by atoms with Crippen LogP contribution in [0.3, 0.4) is 0 Å². The largest absolute Gasteiger partial charge is 0.352 e. The number of amides is 1. The second-order valence-electron chi connectivity index (χ2n) is 4.56. The number of nitrogens with one attached hydrogen (secondary N) is 1. The third-order valence-corrected chi connectivity index (χ3v) is 3.07. The summed E-state index contributed by atoms with van der Waals surface area (Å²) in [6, 6.07) is 10.5. The number of benzene rings is 2. The zero-order valence-corrected chi connectivity index (χ0v) is 11.1. The van der Waals surface area contributed by atoms with E-state index in [4.69, 9.17) is 0 Å². The van der Waals surface area contributed by atoms with Crippen LogP contribution in [-0.4, -0.2) is 12.5 Å². The molecule has 2 aromatic carbocycles. The quantitative estimate of drug-likeness (QED) is 0.911. The van der Waals surface area contributed by atoms with E-state index in [9.17, 15) is 13.6 Å². The van der Waals surface area contributed by atoms with E-state index >= 15 is 0 Å². The zero-order valence-electron chi connectivity index (χ0n) is 11.1. The van der Waals surface area contributed by atoms with Crippen molar-refractivity contribution in [2.75, 3.05) is 6.54 Å². The molecule has 2 nitrogen and oxygen atoms in total. The molecule has 0 unspecified atom stereocenters. The van der Waals surface area contributed by atoms with Crippen LogP contribution in [0, 0.1) is 18.6 Å². The molecule has 0 spiro atoms. The summed E-state index contributed by atoms with van der Waals surface area (Å²) in [7, 11) is 0. The highest BCUT2D eigenvalue weighted by Gasteiger charge is 2.09. The maximum absolute atomic E-state index is 13.4. The van der Waals surface area contributed by atoms with Crippen LogP contribution in [0.4, 0.5) is 8.78 Å². The molecule has 0 saturated carbocycles. The van der Waals surface area contributed by atoms with Gasteiger partial charge in [0.25, 0.3) is 5.91 Å². The molecule has 1 amide bonds. The predicted molar refractivity (Wildman–Crippen MR) is 73.6 cm³/mol. The van der Waals surface area contributed by atoms with E-state index in [1.54, 1.807) is 25.1 Å². The summed E-state index contributed by atoms with van der Waals surface area (Å²) in [5.41, 5.74) is 1.57.